The summed E-state index contributed by atoms with van der Waals surface area (Å²) in [6, 6.07) is 9.29. The Morgan fingerprint density at radius 1 is 1.20 bits per heavy atom. The molecule has 2 atom stereocenters. The first-order valence-electron chi connectivity index (χ1n) is 6.67. The van der Waals surface area contributed by atoms with Crippen LogP contribution in [0, 0.1) is 5.41 Å². The van der Waals surface area contributed by atoms with Gasteiger partial charge in [0.2, 0.25) is 6.29 Å². The minimum atomic E-state index is -0.700. The van der Waals surface area contributed by atoms with Crippen molar-refractivity contribution in [3.8, 4) is 0 Å². The highest BCUT2D eigenvalue weighted by molar-refractivity contribution is 5.83. The third-order valence-corrected chi connectivity index (χ3v) is 3.05. The van der Waals surface area contributed by atoms with Crippen molar-refractivity contribution in [2.75, 3.05) is 0 Å². The first-order chi connectivity index (χ1) is 9.36. The minimum absolute atomic E-state index is 0.256. The lowest BCUT2D eigenvalue weighted by atomic mass is 9.95. The molecular weight excluding hydrogens is 256 g/mol. The topological polar surface area (TPSA) is 55.8 Å². The maximum atomic E-state index is 11.6. The lowest BCUT2D eigenvalue weighted by molar-refractivity contribution is -0.196. The summed E-state index contributed by atoms with van der Waals surface area (Å²) >= 11 is 0. The smallest absolute Gasteiger partial charge is 0.337 e. The molecule has 2 unspecified atom stereocenters. The Bertz CT molecular complexity index is 499. The highest BCUT2D eigenvalue weighted by atomic mass is 16.7. The van der Waals surface area contributed by atoms with E-state index in [0.29, 0.717) is 5.76 Å². The van der Waals surface area contributed by atoms with E-state index in [4.69, 9.17) is 9.47 Å². The van der Waals surface area contributed by atoms with E-state index in [9.17, 15) is 9.90 Å². The van der Waals surface area contributed by atoms with Gasteiger partial charge in [-0.15, -0.1) is 0 Å². The molecule has 20 heavy (non-hydrogen) atoms. The number of cyclic esters (lactones) is 1. The largest absolute Gasteiger partial charge is 0.458 e. The predicted molar refractivity (Wildman–Crippen MR) is 74.5 cm³/mol. The molecule has 0 saturated carbocycles. The summed E-state index contributed by atoms with van der Waals surface area (Å²) in [5.74, 6) is 0.0314. The fraction of sp³-hybridized carbons (Fsp3) is 0.438. The van der Waals surface area contributed by atoms with Gasteiger partial charge in [-0.05, 0) is 5.56 Å². The maximum absolute atomic E-state index is 11.6. The summed E-state index contributed by atoms with van der Waals surface area (Å²) < 4.78 is 10.8. The normalized spacial score (nSPS) is 20.7. The zero-order valence-corrected chi connectivity index (χ0v) is 12.0. The molecule has 1 aliphatic heterocycles. The van der Waals surface area contributed by atoms with Crippen LogP contribution in [0.5, 0.6) is 0 Å². The van der Waals surface area contributed by atoms with Crippen LogP contribution in [-0.2, 0) is 14.3 Å². The molecule has 0 amide bonds. The summed E-state index contributed by atoms with van der Waals surface area (Å²) in [6.07, 6.45) is 0.229. The van der Waals surface area contributed by atoms with Gasteiger partial charge >= 0.3 is 5.97 Å². The van der Waals surface area contributed by atoms with Crippen molar-refractivity contribution >= 4 is 5.97 Å². The lowest BCUT2D eigenvalue weighted by Crippen LogP contribution is -2.36. The van der Waals surface area contributed by atoms with Crippen LogP contribution in [0.25, 0.3) is 0 Å². The molecule has 0 bridgehead atoms. The van der Waals surface area contributed by atoms with Gasteiger partial charge in [-0.2, -0.15) is 0 Å². The van der Waals surface area contributed by atoms with Gasteiger partial charge in [0.15, 0.2) is 0 Å². The summed E-state index contributed by atoms with van der Waals surface area (Å²) in [5, 5.41) is 10.2. The van der Waals surface area contributed by atoms with Gasteiger partial charge < -0.3 is 14.6 Å². The first-order valence-corrected chi connectivity index (χ1v) is 6.67. The fourth-order valence-corrected chi connectivity index (χ4v) is 1.91. The second-order valence-electron chi connectivity index (χ2n) is 5.99. The third kappa shape index (κ3) is 3.61. The van der Waals surface area contributed by atoms with Gasteiger partial charge in [0.25, 0.3) is 0 Å². The van der Waals surface area contributed by atoms with E-state index in [2.05, 4.69) is 0 Å². The molecule has 2 rings (SSSR count). The highest BCUT2D eigenvalue weighted by Crippen LogP contribution is 2.31. The molecule has 1 aliphatic rings. The predicted octanol–water partition coefficient (Wildman–Crippen LogP) is 2.94. The number of hydrogen-bond donors (Lipinski definition) is 1. The van der Waals surface area contributed by atoms with Gasteiger partial charge in [-0.3, -0.25) is 0 Å². The van der Waals surface area contributed by atoms with Crippen molar-refractivity contribution in [2.24, 2.45) is 5.41 Å². The average Bonchev–Trinajstić information content (AvgIpc) is 2.38. The number of esters is 1. The molecule has 0 fully saturated rings. The Balaban J connectivity index is 2.07. The summed E-state index contributed by atoms with van der Waals surface area (Å²) in [6.45, 7) is 5.80. The second-order valence-corrected chi connectivity index (χ2v) is 5.99. The van der Waals surface area contributed by atoms with Crippen molar-refractivity contribution < 1.29 is 19.4 Å². The molecule has 1 aromatic rings. The van der Waals surface area contributed by atoms with Gasteiger partial charge in [0.05, 0.1) is 12.2 Å². The van der Waals surface area contributed by atoms with Crippen LogP contribution >= 0.6 is 0 Å². The Morgan fingerprint density at radius 2 is 1.85 bits per heavy atom. The van der Waals surface area contributed by atoms with Crippen LogP contribution < -0.4 is 0 Å². The van der Waals surface area contributed by atoms with Crippen molar-refractivity contribution in [3.05, 3.63) is 47.7 Å². The van der Waals surface area contributed by atoms with Gasteiger partial charge in [-0.25, -0.2) is 4.79 Å². The summed E-state index contributed by atoms with van der Waals surface area (Å²) in [7, 11) is 0. The van der Waals surface area contributed by atoms with E-state index in [-0.39, 0.29) is 11.8 Å². The summed E-state index contributed by atoms with van der Waals surface area (Å²) in [4.78, 5) is 11.6. The SMILES string of the molecule is CC(C)(C)C1OC(=O)C=C(CC(O)c2ccccc2)O1. The second kappa shape index (κ2) is 5.67. The zero-order chi connectivity index (χ0) is 14.8. The van der Waals surface area contributed by atoms with E-state index >= 15 is 0 Å². The molecule has 0 aromatic heterocycles. The Hall–Kier alpha value is -1.81. The summed E-state index contributed by atoms with van der Waals surface area (Å²) in [5.41, 5.74) is 0.482. The number of benzene rings is 1. The molecule has 108 valence electrons. The van der Waals surface area contributed by atoms with Crippen LogP contribution in [0.4, 0.5) is 0 Å². The van der Waals surface area contributed by atoms with Crippen LogP contribution in [0.2, 0.25) is 0 Å². The van der Waals surface area contributed by atoms with Crippen molar-refractivity contribution in [3.63, 3.8) is 0 Å². The van der Waals surface area contributed by atoms with Gasteiger partial charge in [-0.1, -0.05) is 51.1 Å². The molecule has 1 aromatic carbocycles. The van der Waals surface area contributed by atoms with E-state index in [0.717, 1.165) is 5.56 Å². The number of carbonyl (C=O) groups excluding carboxylic acids is 1. The molecular formula is C16H20O4. The molecule has 4 heteroatoms. The Labute approximate surface area is 119 Å². The molecule has 0 saturated heterocycles. The molecule has 0 aliphatic carbocycles. The number of carbonyl (C=O) groups is 1. The van der Waals surface area contributed by atoms with Crippen LogP contribution in [0.1, 0.15) is 38.9 Å². The minimum Gasteiger partial charge on any atom is -0.458 e. The van der Waals surface area contributed by atoms with Crippen molar-refractivity contribution in [1.29, 1.82) is 0 Å². The van der Waals surface area contributed by atoms with E-state index in [1.807, 2.05) is 51.1 Å². The van der Waals surface area contributed by atoms with E-state index in [1.165, 1.54) is 6.08 Å². The lowest BCUT2D eigenvalue weighted by Gasteiger charge is -2.33. The Morgan fingerprint density at radius 3 is 2.45 bits per heavy atom. The van der Waals surface area contributed by atoms with E-state index in [1.54, 1.807) is 0 Å². The quantitative estimate of drug-likeness (QED) is 0.862. The van der Waals surface area contributed by atoms with Crippen LogP contribution in [-0.4, -0.2) is 17.4 Å². The number of rotatable bonds is 3. The zero-order valence-electron chi connectivity index (χ0n) is 12.0. The van der Waals surface area contributed by atoms with E-state index < -0.39 is 18.4 Å². The molecule has 1 N–H and O–H groups in total. The standard InChI is InChI=1S/C16H20O4/c1-16(2,3)15-19-12(10-14(18)20-15)9-13(17)11-7-5-4-6-8-11/h4-8,10,13,15,17H,9H2,1-3H3. The highest BCUT2D eigenvalue weighted by Gasteiger charge is 2.34. The van der Waals surface area contributed by atoms with Gasteiger partial charge in [0.1, 0.15) is 5.76 Å². The number of hydrogen-bond acceptors (Lipinski definition) is 4. The first kappa shape index (κ1) is 14.6. The van der Waals surface area contributed by atoms with Crippen molar-refractivity contribution in [2.45, 2.75) is 39.6 Å². The number of ether oxygens (including phenoxy) is 2. The third-order valence-electron chi connectivity index (χ3n) is 3.05. The molecule has 0 spiro atoms. The Kier molecular flexibility index (Phi) is 4.14. The monoisotopic (exact) mass is 276 g/mol. The molecule has 0 radical (unpaired) electrons. The average molecular weight is 276 g/mol. The molecule has 1 heterocycles. The maximum Gasteiger partial charge on any atom is 0.337 e. The number of aliphatic hydroxyl groups excluding tert-OH is 1. The number of aliphatic hydroxyl groups is 1. The van der Waals surface area contributed by atoms with Crippen molar-refractivity contribution in [1.82, 2.24) is 0 Å². The fourth-order valence-electron chi connectivity index (χ4n) is 1.91. The van der Waals surface area contributed by atoms with Crippen LogP contribution in [0.15, 0.2) is 42.2 Å². The molecule has 4 nitrogen and oxygen atoms in total. The van der Waals surface area contributed by atoms with Gasteiger partial charge in [0, 0.05) is 11.8 Å². The van der Waals surface area contributed by atoms with Crippen LogP contribution in [0.3, 0.4) is 0 Å².